The molecular weight excluding hydrogens is 176 g/mol. The first-order valence-electron chi connectivity index (χ1n) is 5.19. The second kappa shape index (κ2) is 4.60. The third-order valence-electron chi connectivity index (χ3n) is 2.41. The summed E-state index contributed by atoms with van der Waals surface area (Å²) in [6.07, 6.45) is 2.88. The van der Waals surface area contributed by atoms with Gasteiger partial charge < -0.3 is 4.43 Å². The Morgan fingerprint density at radius 2 is 1.54 bits per heavy atom. The summed E-state index contributed by atoms with van der Waals surface area (Å²) < 4.78 is 5.65. The van der Waals surface area contributed by atoms with Crippen LogP contribution in [0.5, 0.6) is 0 Å². The Morgan fingerprint density at radius 3 is 1.77 bits per heavy atom. The molecule has 0 amide bonds. The molecule has 0 aliphatic carbocycles. The van der Waals surface area contributed by atoms with Crippen LogP contribution in [0, 0.1) is 10.8 Å². The molecule has 0 saturated heterocycles. The van der Waals surface area contributed by atoms with Crippen LogP contribution < -0.4 is 0 Å². The molecule has 1 nitrogen and oxygen atoms in total. The Balaban J connectivity index is 4.02. The average molecular weight is 202 g/mol. The van der Waals surface area contributed by atoms with Crippen LogP contribution in [0.25, 0.3) is 0 Å². The molecule has 80 valence electrons. The van der Waals surface area contributed by atoms with Gasteiger partial charge in [0.1, 0.15) is 10.5 Å². The predicted octanol–water partition coefficient (Wildman–Crippen LogP) is 2.52. The number of hydrogen-bond donors (Lipinski definition) is 0. The summed E-state index contributed by atoms with van der Waals surface area (Å²) >= 11 is 0. The molecule has 0 rings (SSSR count). The lowest BCUT2D eigenvalue weighted by Crippen LogP contribution is -2.29. The van der Waals surface area contributed by atoms with E-state index in [1.54, 1.807) is 0 Å². The average Bonchev–Trinajstić information content (AvgIpc) is 1.82. The minimum Gasteiger partial charge on any atom is -0.425 e. The number of hydrogen-bond acceptors (Lipinski definition) is 1. The van der Waals surface area contributed by atoms with Crippen molar-refractivity contribution in [1.82, 2.24) is 0 Å². The molecule has 0 saturated carbocycles. The van der Waals surface area contributed by atoms with Crippen molar-refractivity contribution < 1.29 is 4.43 Å². The molecule has 0 N–H and O–H groups in total. The van der Waals surface area contributed by atoms with Crippen molar-refractivity contribution in [2.24, 2.45) is 10.8 Å². The van der Waals surface area contributed by atoms with Gasteiger partial charge in [0.25, 0.3) is 0 Å². The van der Waals surface area contributed by atoms with Crippen LogP contribution in [-0.2, 0) is 4.43 Å². The summed E-state index contributed by atoms with van der Waals surface area (Å²) in [6.45, 7) is 13.7. The summed E-state index contributed by atoms with van der Waals surface area (Å²) in [7, 11) is 0.854. The molecule has 1 unspecified atom stereocenters. The van der Waals surface area contributed by atoms with Crippen molar-refractivity contribution in [1.29, 1.82) is 0 Å². The van der Waals surface area contributed by atoms with Gasteiger partial charge in [0, 0.05) is 6.10 Å². The SMILES string of the molecule is CC(C)(C)CCC(O[SiH3])C(C)(C)C. The predicted molar refractivity (Wildman–Crippen MR) is 63.0 cm³/mol. The minimum atomic E-state index is 0.299. The summed E-state index contributed by atoms with van der Waals surface area (Å²) in [5.41, 5.74) is 0.733. The molecule has 0 aromatic rings. The molecule has 0 aliphatic heterocycles. The van der Waals surface area contributed by atoms with E-state index in [2.05, 4.69) is 41.5 Å². The third kappa shape index (κ3) is 6.27. The quantitative estimate of drug-likeness (QED) is 0.639. The van der Waals surface area contributed by atoms with E-state index in [1.165, 1.54) is 12.8 Å². The van der Waals surface area contributed by atoms with Crippen molar-refractivity contribution in [3.05, 3.63) is 0 Å². The Morgan fingerprint density at radius 1 is 1.08 bits per heavy atom. The maximum Gasteiger partial charge on any atom is 0.146 e. The van der Waals surface area contributed by atoms with Crippen LogP contribution in [0.15, 0.2) is 0 Å². The van der Waals surface area contributed by atoms with Crippen molar-refractivity contribution in [2.75, 3.05) is 0 Å². The zero-order valence-corrected chi connectivity index (χ0v) is 12.4. The highest BCUT2D eigenvalue weighted by Crippen LogP contribution is 2.30. The zero-order chi connectivity index (χ0) is 10.7. The lowest BCUT2D eigenvalue weighted by Gasteiger charge is -2.32. The topological polar surface area (TPSA) is 9.23 Å². The fraction of sp³-hybridized carbons (Fsp3) is 1.00. The van der Waals surface area contributed by atoms with E-state index in [9.17, 15) is 0 Å². The van der Waals surface area contributed by atoms with Gasteiger partial charge >= 0.3 is 0 Å². The molecule has 13 heavy (non-hydrogen) atoms. The van der Waals surface area contributed by atoms with Gasteiger partial charge in [0.2, 0.25) is 0 Å². The van der Waals surface area contributed by atoms with E-state index >= 15 is 0 Å². The van der Waals surface area contributed by atoms with Gasteiger partial charge in [-0.1, -0.05) is 41.5 Å². The fourth-order valence-corrected chi connectivity index (χ4v) is 2.41. The van der Waals surface area contributed by atoms with Crippen molar-refractivity contribution >= 4 is 10.5 Å². The van der Waals surface area contributed by atoms with Crippen LogP contribution in [0.4, 0.5) is 0 Å². The molecule has 2 heteroatoms. The standard InChI is InChI=1S/C11H26OSi/c1-10(2,3)8-7-9(12-13)11(4,5)6/h9H,7-8H2,1-6,13H3. The summed E-state index contributed by atoms with van der Waals surface area (Å²) in [4.78, 5) is 0. The zero-order valence-electron chi connectivity index (χ0n) is 10.4. The number of rotatable bonds is 3. The first-order chi connectivity index (χ1) is 5.67. The van der Waals surface area contributed by atoms with Crippen LogP contribution in [0.3, 0.4) is 0 Å². The van der Waals surface area contributed by atoms with Crippen molar-refractivity contribution in [3.8, 4) is 0 Å². The summed E-state index contributed by atoms with van der Waals surface area (Å²) in [5.74, 6) is 0. The molecule has 0 aromatic heterocycles. The Bertz CT molecular complexity index is 141. The molecule has 0 spiro atoms. The van der Waals surface area contributed by atoms with Crippen LogP contribution >= 0.6 is 0 Å². The van der Waals surface area contributed by atoms with Gasteiger partial charge in [-0.05, 0) is 23.7 Å². The molecule has 0 aliphatic rings. The molecule has 0 radical (unpaired) electrons. The molecule has 0 aromatic carbocycles. The molecule has 0 heterocycles. The summed E-state index contributed by atoms with van der Waals surface area (Å²) in [5, 5.41) is 0. The second-order valence-corrected chi connectivity index (χ2v) is 6.66. The normalized spacial score (nSPS) is 16.2. The van der Waals surface area contributed by atoms with Gasteiger partial charge in [0.15, 0.2) is 0 Å². The Labute approximate surface area is 86.8 Å². The van der Waals surface area contributed by atoms with E-state index in [1.807, 2.05) is 0 Å². The highest BCUT2D eigenvalue weighted by Gasteiger charge is 2.25. The fourth-order valence-electron chi connectivity index (χ4n) is 1.47. The Kier molecular flexibility index (Phi) is 4.67. The van der Waals surface area contributed by atoms with Gasteiger partial charge in [-0.3, -0.25) is 0 Å². The van der Waals surface area contributed by atoms with Crippen LogP contribution in [0.1, 0.15) is 54.4 Å². The van der Waals surface area contributed by atoms with E-state index in [0.29, 0.717) is 16.9 Å². The highest BCUT2D eigenvalue weighted by atomic mass is 28.2. The third-order valence-corrected chi connectivity index (χ3v) is 2.98. The van der Waals surface area contributed by atoms with Crippen molar-refractivity contribution in [2.45, 2.75) is 60.5 Å². The first kappa shape index (κ1) is 13.2. The monoisotopic (exact) mass is 202 g/mol. The van der Waals surface area contributed by atoms with Gasteiger partial charge in [-0.25, -0.2) is 0 Å². The second-order valence-electron chi connectivity index (χ2n) is 6.19. The van der Waals surface area contributed by atoms with E-state index < -0.39 is 0 Å². The highest BCUT2D eigenvalue weighted by molar-refractivity contribution is 5.98. The smallest absolute Gasteiger partial charge is 0.146 e. The van der Waals surface area contributed by atoms with Gasteiger partial charge in [-0.2, -0.15) is 0 Å². The lowest BCUT2D eigenvalue weighted by molar-refractivity contribution is 0.0768. The van der Waals surface area contributed by atoms with E-state index in [-0.39, 0.29) is 0 Å². The molecule has 0 bridgehead atoms. The van der Waals surface area contributed by atoms with E-state index in [4.69, 9.17) is 4.43 Å². The molecule has 1 atom stereocenters. The lowest BCUT2D eigenvalue weighted by atomic mass is 9.81. The maximum atomic E-state index is 5.65. The van der Waals surface area contributed by atoms with Gasteiger partial charge in [0.05, 0.1) is 0 Å². The minimum absolute atomic E-state index is 0.299. The maximum absolute atomic E-state index is 5.65. The van der Waals surface area contributed by atoms with Crippen molar-refractivity contribution in [3.63, 3.8) is 0 Å². The largest absolute Gasteiger partial charge is 0.425 e. The van der Waals surface area contributed by atoms with E-state index in [0.717, 1.165) is 10.5 Å². The Hall–Kier alpha value is 0.177. The molecular formula is C11H26OSi. The van der Waals surface area contributed by atoms with Crippen LogP contribution in [-0.4, -0.2) is 16.6 Å². The van der Waals surface area contributed by atoms with Crippen LogP contribution in [0.2, 0.25) is 0 Å². The summed E-state index contributed by atoms with van der Waals surface area (Å²) in [6, 6.07) is 0. The molecule has 0 fully saturated rings. The van der Waals surface area contributed by atoms with Gasteiger partial charge in [-0.15, -0.1) is 0 Å². The first-order valence-corrected chi connectivity index (χ1v) is 6.01.